The summed E-state index contributed by atoms with van der Waals surface area (Å²) in [5, 5.41) is 16.5. The molecule has 0 saturated heterocycles. The maximum atomic E-state index is 12.6. The molecule has 0 rings (SSSR count). The SMILES string of the molecule is CSCCC(NC(=O)C(N)C(C)C)C(=O)NC(C)C(=O)NC(CCC(N)=O)C(=O)O. The van der Waals surface area contributed by atoms with Crippen molar-refractivity contribution in [3.8, 4) is 0 Å². The van der Waals surface area contributed by atoms with Crippen LogP contribution < -0.4 is 27.4 Å². The predicted molar refractivity (Wildman–Crippen MR) is 113 cm³/mol. The molecule has 172 valence electrons. The maximum absolute atomic E-state index is 12.6. The quantitative estimate of drug-likeness (QED) is 0.186. The molecule has 0 saturated carbocycles. The number of hydrogen-bond acceptors (Lipinski definition) is 7. The van der Waals surface area contributed by atoms with E-state index in [-0.39, 0.29) is 18.8 Å². The summed E-state index contributed by atoms with van der Waals surface area (Å²) in [4.78, 5) is 59.2. The summed E-state index contributed by atoms with van der Waals surface area (Å²) in [5.74, 6) is -3.34. The topological polar surface area (TPSA) is 194 Å². The molecule has 0 spiro atoms. The molecule has 12 heteroatoms. The molecule has 4 unspecified atom stereocenters. The first kappa shape index (κ1) is 27.7. The van der Waals surface area contributed by atoms with E-state index in [4.69, 9.17) is 16.6 Å². The van der Waals surface area contributed by atoms with Crippen LogP contribution in [0.2, 0.25) is 0 Å². The number of aliphatic carboxylic acids is 1. The van der Waals surface area contributed by atoms with Crippen molar-refractivity contribution >= 4 is 41.4 Å². The average Bonchev–Trinajstić information content (AvgIpc) is 2.66. The van der Waals surface area contributed by atoms with Crippen LogP contribution in [0.4, 0.5) is 0 Å². The lowest BCUT2D eigenvalue weighted by molar-refractivity contribution is -0.142. The molecule has 0 fully saturated rings. The van der Waals surface area contributed by atoms with Crippen LogP contribution in [-0.4, -0.2) is 70.9 Å². The van der Waals surface area contributed by atoms with E-state index in [9.17, 15) is 24.0 Å². The third-order valence-electron chi connectivity index (χ3n) is 4.31. The zero-order valence-corrected chi connectivity index (χ0v) is 18.6. The summed E-state index contributed by atoms with van der Waals surface area (Å²) in [6.07, 6.45) is 1.80. The molecule has 0 aliphatic carbocycles. The van der Waals surface area contributed by atoms with Crippen LogP contribution >= 0.6 is 11.8 Å². The number of rotatable bonds is 14. The third kappa shape index (κ3) is 10.4. The minimum atomic E-state index is -1.32. The first-order chi connectivity index (χ1) is 13.9. The van der Waals surface area contributed by atoms with Gasteiger partial charge in [0.05, 0.1) is 6.04 Å². The van der Waals surface area contributed by atoms with Gasteiger partial charge in [-0.15, -0.1) is 0 Å². The Labute approximate surface area is 180 Å². The minimum absolute atomic E-state index is 0.118. The lowest BCUT2D eigenvalue weighted by atomic mass is 10.0. The highest BCUT2D eigenvalue weighted by Crippen LogP contribution is 2.05. The van der Waals surface area contributed by atoms with Crippen LogP contribution in [0, 0.1) is 5.92 Å². The number of carboxylic acids is 1. The van der Waals surface area contributed by atoms with Crippen molar-refractivity contribution < 1.29 is 29.1 Å². The number of amides is 4. The Kier molecular flexibility index (Phi) is 12.7. The Morgan fingerprint density at radius 3 is 1.93 bits per heavy atom. The summed E-state index contributed by atoms with van der Waals surface area (Å²) in [7, 11) is 0. The van der Waals surface area contributed by atoms with Crippen molar-refractivity contribution in [2.24, 2.45) is 17.4 Å². The number of thioether (sulfide) groups is 1. The van der Waals surface area contributed by atoms with E-state index in [1.807, 2.05) is 6.26 Å². The van der Waals surface area contributed by atoms with E-state index in [1.54, 1.807) is 13.8 Å². The molecule has 11 nitrogen and oxygen atoms in total. The first-order valence-electron chi connectivity index (χ1n) is 9.57. The number of primary amides is 1. The van der Waals surface area contributed by atoms with Crippen molar-refractivity contribution in [2.75, 3.05) is 12.0 Å². The van der Waals surface area contributed by atoms with Gasteiger partial charge in [-0.1, -0.05) is 13.8 Å². The lowest BCUT2D eigenvalue weighted by Gasteiger charge is -2.24. The number of nitrogens with one attached hydrogen (secondary N) is 3. The Hall–Kier alpha value is -2.34. The zero-order valence-electron chi connectivity index (χ0n) is 17.8. The Balaban J connectivity index is 5.01. The monoisotopic (exact) mass is 447 g/mol. The molecule has 0 bridgehead atoms. The summed E-state index contributed by atoms with van der Waals surface area (Å²) in [6, 6.07) is -4.06. The number of carbonyl (C=O) groups is 5. The van der Waals surface area contributed by atoms with Gasteiger partial charge in [-0.05, 0) is 37.7 Å². The van der Waals surface area contributed by atoms with Gasteiger partial charge < -0.3 is 32.5 Å². The van der Waals surface area contributed by atoms with E-state index in [2.05, 4.69) is 16.0 Å². The predicted octanol–water partition coefficient (Wildman–Crippen LogP) is -1.45. The van der Waals surface area contributed by atoms with E-state index in [0.717, 1.165) is 0 Å². The van der Waals surface area contributed by atoms with Crippen LogP contribution in [0.1, 0.15) is 40.0 Å². The fraction of sp³-hybridized carbons (Fsp3) is 0.722. The van der Waals surface area contributed by atoms with Gasteiger partial charge in [0, 0.05) is 6.42 Å². The van der Waals surface area contributed by atoms with Gasteiger partial charge >= 0.3 is 5.97 Å². The van der Waals surface area contributed by atoms with Crippen molar-refractivity contribution in [3.05, 3.63) is 0 Å². The maximum Gasteiger partial charge on any atom is 0.326 e. The van der Waals surface area contributed by atoms with Gasteiger partial charge in [-0.2, -0.15) is 11.8 Å². The summed E-state index contributed by atoms with van der Waals surface area (Å²) < 4.78 is 0. The standard InChI is InChI=1S/C18H33N5O6S/c1-9(2)14(20)17(27)22-11(7-8-30-4)16(26)21-10(3)15(25)23-12(18(28)29)5-6-13(19)24/h9-12,14H,5-8,20H2,1-4H3,(H2,19,24)(H,21,26)(H,22,27)(H,23,25)(H,28,29). The second-order valence-electron chi connectivity index (χ2n) is 7.25. The largest absolute Gasteiger partial charge is 0.480 e. The zero-order chi connectivity index (χ0) is 23.4. The molecule has 0 radical (unpaired) electrons. The van der Waals surface area contributed by atoms with Crippen LogP contribution in [-0.2, 0) is 24.0 Å². The van der Waals surface area contributed by atoms with Gasteiger partial charge in [-0.25, -0.2) is 4.79 Å². The molecular weight excluding hydrogens is 414 g/mol. The van der Waals surface area contributed by atoms with Gasteiger partial charge in [-0.3, -0.25) is 19.2 Å². The molecule has 0 aromatic rings. The van der Waals surface area contributed by atoms with Gasteiger partial charge in [0.25, 0.3) is 0 Å². The van der Waals surface area contributed by atoms with Crippen molar-refractivity contribution in [1.29, 1.82) is 0 Å². The second-order valence-corrected chi connectivity index (χ2v) is 8.23. The fourth-order valence-electron chi connectivity index (χ4n) is 2.30. The minimum Gasteiger partial charge on any atom is -0.480 e. The van der Waals surface area contributed by atoms with E-state index < -0.39 is 53.8 Å². The highest BCUT2D eigenvalue weighted by atomic mass is 32.2. The van der Waals surface area contributed by atoms with E-state index >= 15 is 0 Å². The molecule has 4 amide bonds. The van der Waals surface area contributed by atoms with Gasteiger partial charge in [0.1, 0.15) is 18.1 Å². The van der Waals surface area contributed by atoms with Crippen LogP contribution in [0.5, 0.6) is 0 Å². The number of carboxylic acid groups (broad SMARTS) is 1. The van der Waals surface area contributed by atoms with Gasteiger partial charge in [0.15, 0.2) is 0 Å². The third-order valence-corrected chi connectivity index (χ3v) is 4.95. The van der Waals surface area contributed by atoms with Crippen molar-refractivity contribution in [2.45, 2.75) is 64.2 Å². The molecule has 0 aromatic carbocycles. The van der Waals surface area contributed by atoms with E-state index in [0.29, 0.717) is 12.2 Å². The number of nitrogens with two attached hydrogens (primary N) is 2. The Morgan fingerprint density at radius 2 is 1.47 bits per heavy atom. The fourth-order valence-corrected chi connectivity index (χ4v) is 2.77. The molecule has 0 aliphatic heterocycles. The number of hydrogen-bond donors (Lipinski definition) is 6. The summed E-state index contributed by atoms with van der Waals surface area (Å²) in [5.41, 5.74) is 10.8. The molecule has 0 aliphatic rings. The van der Waals surface area contributed by atoms with Gasteiger partial charge in [0.2, 0.25) is 23.6 Å². The van der Waals surface area contributed by atoms with Crippen LogP contribution in [0.3, 0.4) is 0 Å². The van der Waals surface area contributed by atoms with Crippen LogP contribution in [0.25, 0.3) is 0 Å². The van der Waals surface area contributed by atoms with Crippen molar-refractivity contribution in [1.82, 2.24) is 16.0 Å². The lowest BCUT2D eigenvalue weighted by Crippen LogP contribution is -2.57. The number of carbonyl (C=O) groups excluding carboxylic acids is 4. The highest BCUT2D eigenvalue weighted by Gasteiger charge is 2.28. The van der Waals surface area contributed by atoms with E-state index in [1.165, 1.54) is 18.7 Å². The van der Waals surface area contributed by atoms with Crippen LogP contribution in [0.15, 0.2) is 0 Å². The average molecular weight is 448 g/mol. The molecular formula is C18H33N5O6S. The van der Waals surface area contributed by atoms with Crippen molar-refractivity contribution in [3.63, 3.8) is 0 Å². The molecule has 0 heterocycles. The molecule has 30 heavy (non-hydrogen) atoms. The highest BCUT2D eigenvalue weighted by molar-refractivity contribution is 7.98. The summed E-state index contributed by atoms with van der Waals surface area (Å²) >= 11 is 1.49. The Bertz CT molecular complexity index is 630. The smallest absolute Gasteiger partial charge is 0.326 e. The summed E-state index contributed by atoms with van der Waals surface area (Å²) in [6.45, 7) is 4.95. The molecule has 0 aromatic heterocycles. The second kappa shape index (κ2) is 13.8. The molecule has 8 N–H and O–H groups in total. The Morgan fingerprint density at radius 1 is 0.900 bits per heavy atom. The normalized spacial score (nSPS) is 14.9. The molecule has 4 atom stereocenters. The first-order valence-corrected chi connectivity index (χ1v) is 11.0.